The van der Waals surface area contributed by atoms with E-state index >= 15 is 0 Å². The maximum absolute atomic E-state index is 12.1. The van der Waals surface area contributed by atoms with E-state index < -0.39 is 0 Å². The second-order valence-electron chi connectivity index (χ2n) is 4.71. The molecule has 0 saturated carbocycles. The van der Waals surface area contributed by atoms with Crippen molar-refractivity contribution in [1.29, 1.82) is 0 Å². The summed E-state index contributed by atoms with van der Waals surface area (Å²) in [5.74, 6) is -0.0248. The minimum absolute atomic E-state index is 0.0248. The normalized spacial score (nSPS) is 11.9. The number of halogens is 1. The number of carbonyl (C=O) groups excluding carboxylic acids is 1. The van der Waals surface area contributed by atoms with E-state index in [2.05, 4.69) is 17.4 Å². The molecule has 0 heterocycles. The maximum atomic E-state index is 12.1. The lowest BCUT2D eigenvalue weighted by atomic mass is 10.2. The molecule has 0 unspecified atom stereocenters. The van der Waals surface area contributed by atoms with Crippen molar-refractivity contribution < 1.29 is 10.1 Å². The van der Waals surface area contributed by atoms with Crippen LogP contribution in [0.3, 0.4) is 0 Å². The summed E-state index contributed by atoms with van der Waals surface area (Å²) in [6.07, 6.45) is 0. The molecule has 4 heteroatoms. The fraction of sp³-hybridized carbons (Fsp3) is 0.188. The van der Waals surface area contributed by atoms with E-state index in [-0.39, 0.29) is 11.9 Å². The molecule has 2 rings (SSSR count). The Morgan fingerprint density at radius 1 is 1.20 bits per heavy atom. The fourth-order valence-electron chi connectivity index (χ4n) is 1.86. The predicted octanol–water partition coefficient (Wildman–Crippen LogP) is 2.43. The van der Waals surface area contributed by atoms with Gasteiger partial charge in [0.2, 0.25) is 0 Å². The zero-order chi connectivity index (χ0) is 14.4. The van der Waals surface area contributed by atoms with E-state index in [4.69, 9.17) is 11.6 Å². The van der Waals surface area contributed by atoms with Crippen molar-refractivity contribution in [2.24, 2.45) is 0 Å². The summed E-state index contributed by atoms with van der Waals surface area (Å²) in [6, 6.07) is 17.1. The molecule has 2 aromatic carbocycles. The minimum atomic E-state index is -0.158. The van der Waals surface area contributed by atoms with Crippen LogP contribution in [0.2, 0.25) is 5.02 Å². The number of amides is 1. The molecule has 0 aromatic heterocycles. The highest BCUT2D eigenvalue weighted by atomic mass is 35.5. The summed E-state index contributed by atoms with van der Waals surface area (Å²) in [7, 11) is 0. The number of anilines is 1. The molecule has 0 aliphatic carbocycles. The highest BCUT2D eigenvalue weighted by Crippen LogP contribution is 2.14. The van der Waals surface area contributed by atoms with Gasteiger partial charge in [-0.3, -0.25) is 4.79 Å². The van der Waals surface area contributed by atoms with Crippen LogP contribution in [0.1, 0.15) is 12.5 Å². The Balaban J connectivity index is 1.86. The van der Waals surface area contributed by atoms with Gasteiger partial charge in [0, 0.05) is 16.3 Å². The van der Waals surface area contributed by atoms with Crippen LogP contribution in [0.15, 0.2) is 54.6 Å². The van der Waals surface area contributed by atoms with Crippen molar-refractivity contribution in [2.45, 2.75) is 19.5 Å². The van der Waals surface area contributed by atoms with Gasteiger partial charge < -0.3 is 10.6 Å². The third kappa shape index (κ3) is 4.37. The van der Waals surface area contributed by atoms with Gasteiger partial charge >= 0.3 is 0 Å². The first kappa shape index (κ1) is 14.6. The number of nitrogens with one attached hydrogen (secondary N) is 1. The number of nitrogens with two attached hydrogens (primary N) is 1. The maximum Gasteiger partial charge on any atom is 0.282 e. The molecule has 0 spiro atoms. The molecule has 0 fully saturated rings. The molecule has 0 aliphatic heterocycles. The lowest BCUT2D eigenvalue weighted by molar-refractivity contribution is -0.688. The van der Waals surface area contributed by atoms with Crippen LogP contribution in [-0.2, 0) is 11.3 Å². The van der Waals surface area contributed by atoms with Gasteiger partial charge in [-0.05, 0) is 25.1 Å². The average Bonchev–Trinajstić information content (AvgIpc) is 2.46. The lowest BCUT2D eigenvalue weighted by Crippen LogP contribution is -2.90. The number of rotatable bonds is 5. The molecule has 1 amide bonds. The van der Waals surface area contributed by atoms with E-state index in [9.17, 15) is 4.79 Å². The SMILES string of the molecule is C[C@@H]([NH2+]Cc1ccccc1)C(=O)Nc1cccc(Cl)c1. The summed E-state index contributed by atoms with van der Waals surface area (Å²) in [5.41, 5.74) is 1.93. The first-order valence-corrected chi connectivity index (χ1v) is 6.96. The zero-order valence-electron chi connectivity index (χ0n) is 11.3. The average molecular weight is 290 g/mol. The number of hydrogen-bond donors (Lipinski definition) is 2. The van der Waals surface area contributed by atoms with E-state index in [1.54, 1.807) is 12.1 Å². The van der Waals surface area contributed by atoms with Crippen LogP contribution in [-0.4, -0.2) is 11.9 Å². The Kier molecular flexibility index (Phi) is 5.16. The second kappa shape index (κ2) is 7.08. The zero-order valence-corrected chi connectivity index (χ0v) is 12.1. The molecule has 0 saturated heterocycles. The molecule has 0 radical (unpaired) electrons. The van der Waals surface area contributed by atoms with E-state index in [0.29, 0.717) is 5.02 Å². The van der Waals surface area contributed by atoms with Crippen LogP contribution >= 0.6 is 11.6 Å². The van der Waals surface area contributed by atoms with Gasteiger partial charge in [-0.15, -0.1) is 0 Å². The molecular formula is C16H18ClN2O+. The van der Waals surface area contributed by atoms with Gasteiger partial charge in [0.05, 0.1) is 0 Å². The van der Waals surface area contributed by atoms with Crippen molar-refractivity contribution in [2.75, 3.05) is 5.32 Å². The number of hydrogen-bond acceptors (Lipinski definition) is 1. The quantitative estimate of drug-likeness (QED) is 0.872. The number of benzene rings is 2. The molecule has 104 valence electrons. The number of carbonyl (C=O) groups is 1. The standard InChI is InChI=1S/C16H17ClN2O/c1-12(18-11-13-6-3-2-4-7-13)16(20)19-15-9-5-8-14(17)10-15/h2-10,12,18H,11H2,1H3,(H,19,20)/p+1/t12-/m1/s1. The van der Waals surface area contributed by atoms with Crippen molar-refractivity contribution in [3.8, 4) is 0 Å². The summed E-state index contributed by atoms with van der Waals surface area (Å²) in [4.78, 5) is 12.1. The third-order valence-corrected chi connectivity index (χ3v) is 3.29. The van der Waals surface area contributed by atoms with Gasteiger partial charge in [0.1, 0.15) is 6.54 Å². The number of quaternary nitrogens is 1. The van der Waals surface area contributed by atoms with Crippen molar-refractivity contribution in [3.63, 3.8) is 0 Å². The Morgan fingerprint density at radius 2 is 1.95 bits per heavy atom. The molecule has 3 nitrogen and oxygen atoms in total. The van der Waals surface area contributed by atoms with Crippen molar-refractivity contribution >= 4 is 23.2 Å². The summed E-state index contributed by atoms with van der Waals surface area (Å²) >= 11 is 5.89. The Hall–Kier alpha value is -1.84. The molecule has 0 bridgehead atoms. The first-order chi connectivity index (χ1) is 9.65. The van der Waals surface area contributed by atoms with E-state index in [1.165, 1.54) is 5.56 Å². The highest BCUT2D eigenvalue weighted by molar-refractivity contribution is 6.30. The molecular weight excluding hydrogens is 272 g/mol. The van der Waals surface area contributed by atoms with Gasteiger partial charge in [0.15, 0.2) is 6.04 Å². The Bertz CT molecular complexity index is 572. The molecule has 0 aliphatic rings. The summed E-state index contributed by atoms with van der Waals surface area (Å²) in [6.45, 7) is 2.67. The van der Waals surface area contributed by atoms with Gasteiger partial charge in [-0.25, -0.2) is 0 Å². The summed E-state index contributed by atoms with van der Waals surface area (Å²) in [5, 5.41) is 5.49. The predicted molar refractivity (Wildman–Crippen MR) is 81.6 cm³/mol. The van der Waals surface area contributed by atoms with E-state index in [0.717, 1.165) is 12.2 Å². The minimum Gasteiger partial charge on any atom is -0.333 e. The highest BCUT2D eigenvalue weighted by Gasteiger charge is 2.15. The molecule has 2 aromatic rings. The molecule has 1 atom stereocenters. The van der Waals surface area contributed by atoms with Gasteiger partial charge in [-0.1, -0.05) is 48.0 Å². The molecule has 20 heavy (non-hydrogen) atoms. The van der Waals surface area contributed by atoms with Crippen molar-refractivity contribution in [1.82, 2.24) is 0 Å². The second-order valence-corrected chi connectivity index (χ2v) is 5.15. The largest absolute Gasteiger partial charge is 0.333 e. The Morgan fingerprint density at radius 3 is 2.65 bits per heavy atom. The monoisotopic (exact) mass is 289 g/mol. The van der Waals surface area contributed by atoms with E-state index in [1.807, 2.05) is 42.6 Å². The smallest absolute Gasteiger partial charge is 0.282 e. The van der Waals surface area contributed by atoms with Crippen LogP contribution in [0.5, 0.6) is 0 Å². The topological polar surface area (TPSA) is 45.7 Å². The Labute approximate surface area is 124 Å². The van der Waals surface area contributed by atoms with Crippen LogP contribution in [0, 0.1) is 0 Å². The van der Waals surface area contributed by atoms with Crippen molar-refractivity contribution in [3.05, 3.63) is 65.2 Å². The third-order valence-electron chi connectivity index (χ3n) is 3.06. The first-order valence-electron chi connectivity index (χ1n) is 6.59. The van der Waals surface area contributed by atoms with Crippen LogP contribution in [0.25, 0.3) is 0 Å². The molecule has 3 N–H and O–H groups in total. The van der Waals surface area contributed by atoms with Gasteiger partial charge in [-0.2, -0.15) is 0 Å². The van der Waals surface area contributed by atoms with Crippen LogP contribution in [0.4, 0.5) is 5.69 Å². The summed E-state index contributed by atoms with van der Waals surface area (Å²) < 4.78 is 0. The fourth-order valence-corrected chi connectivity index (χ4v) is 2.05. The van der Waals surface area contributed by atoms with Gasteiger partial charge in [0.25, 0.3) is 5.91 Å². The van der Waals surface area contributed by atoms with Crippen LogP contribution < -0.4 is 10.6 Å². The lowest BCUT2D eigenvalue weighted by Gasteiger charge is -2.11.